The molecular formula is C16H35IN4S. The zero-order valence-electron chi connectivity index (χ0n) is 14.6. The van der Waals surface area contributed by atoms with Crippen LogP contribution < -0.4 is 10.6 Å². The number of likely N-dealkylation sites (tertiary alicyclic amines) is 1. The van der Waals surface area contributed by atoms with Gasteiger partial charge in [-0.05, 0) is 57.9 Å². The Bertz CT molecular complexity index is 289. The third-order valence-electron chi connectivity index (χ3n) is 3.84. The van der Waals surface area contributed by atoms with Crippen molar-refractivity contribution in [3.63, 3.8) is 0 Å². The Morgan fingerprint density at radius 1 is 1.32 bits per heavy atom. The summed E-state index contributed by atoms with van der Waals surface area (Å²) >= 11 is 1.86. The molecule has 22 heavy (non-hydrogen) atoms. The summed E-state index contributed by atoms with van der Waals surface area (Å²) in [5, 5.41) is 6.68. The topological polar surface area (TPSA) is 39.7 Å². The van der Waals surface area contributed by atoms with Crippen LogP contribution in [0.5, 0.6) is 0 Å². The Morgan fingerprint density at radius 3 is 2.82 bits per heavy atom. The van der Waals surface area contributed by atoms with Crippen molar-refractivity contribution in [3.05, 3.63) is 0 Å². The van der Waals surface area contributed by atoms with E-state index in [0.717, 1.165) is 37.3 Å². The number of hydrogen-bond donors (Lipinski definition) is 2. The number of halogens is 1. The van der Waals surface area contributed by atoms with Gasteiger partial charge in [-0.1, -0.05) is 6.92 Å². The number of nitrogens with zero attached hydrogens (tertiary/aromatic N) is 2. The van der Waals surface area contributed by atoms with Gasteiger partial charge in [0.2, 0.25) is 0 Å². The summed E-state index contributed by atoms with van der Waals surface area (Å²) in [6.07, 6.45) is 7.37. The van der Waals surface area contributed by atoms with Crippen LogP contribution in [-0.2, 0) is 0 Å². The molecule has 0 aliphatic carbocycles. The Kier molecular flexibility index (Phi) is 15.1. The molecule has 1 fully saturated rings. The van der Waals surface area contributed by atoms with Crippen LogP contribution in [0.15, 0.2) is 4.99 Å². The molecule has 1 atom stereocenters. The van der Waals surface area contributed by atoms with Crippen molar-refractivity contribution in [1.82, 2.24) is 15.5 Å². The largest absolute Gasteiger partial charge is 0.357 e. The van der Waals surface area contributed by atoms with Gasteiger partial charge >= 0.3 is 0 Å². The summed E-state index contributed by atoms with van der Waals surface area (Å²) in [5.74, 6) is 2.98. The number of hydrogen-bond acceptors (Lipinski definition) is 3. The minimum Gasteiger partial charge on any atom is -0.357 e. The zero-order chi connectivity index (χ0) is 15.3. The molecule has 1 aliphatic heterocycles. The van der Waals surface area contributed by atoms with E-state index in [0.29, 0.717) is 0 Å². The number of nitrogens with one attached hydrogen (secondary N) is 2. The molecule has 2 N–H and O–H groups in total. The smallest absolute Gasteiger partial charge is 0.191 e. The van der Waals surface area contributed by atoms with Gasteiger partial charge in [0.05, 0.1) is 0 Å². The van der Waals surface area contributed by atoms with Gasteiger partial charge in [-0.15, -0.1) is 24.0 Å². The maximum Gasteiger partial charge on any atom is 0.191 e. The fraction of sp³-hybridized carbons (Fsp3) is 0.938. The van der Waals surface area contributed by atoms with Crippen LogP contribution in [-0.4, -0.2) is 62.1 Å². The van der Waals surface area contributed by atoms with E-state index in [4.69, 9.17) is 0 Å². The van der Waals surface area contributed by atoms with Crippen LogP contribution >= 0.6 is 35.7 Å². The molecule has 4 nitrogen and oxygen atoms in total. The summed E-state index contributed by atoms with van der Waals surface area (Å²) in [6, 6.07) is 0. The average molecular weight is 442 g/mol. The van der Waals surface area contributed by atoms with Gasteiger partial charge in [0, 0.05) is 31.9 Å². The van der Waals surface area contributed by atoms with Gasteiger partial charge in [-0.3, -0.25) is 4.99 Å². The van der Waals surface area contributed by atoms with E-state index in [9.17, 15) is 0 Å². The first-order chi connectivity index (χ1) is 10.3. The summed E-state index contributed by atoms with van der Waals surface area (Å²) in [6.45, 7) is 11.2. The van der Waals surface area contributed by atoms with Gasteiger partial charge in [-0.25, -0.2) is 0 Å². The van der Waals surface area contributed by atoms with Crippen molar-refractivity contribution in [2.24, 2.45) is 10.9 Å². The molecule has 1 heterocycles. The van der Waals surface area contributed by atoms with E-state index in [-0.39, 0.29) is 24.0 Å². The lowest BCUT2D eigenvalue weighted by molar-refractivity contribution is 0.181. The van der Waals surface area contributed by atoms with Crippen LogP contribution in [0.3, 0.4) is 0 Å². The molecule has 0 amide bonds. The Morgan fingerprint density at radius 2 is 2.14 bits per heavy atom. The SMILES string of the molecule is CCNC(=NCCCCN1CCCC(C)C1)NCCSC.I. The maximum atomic E-state index is 4.65. The van der Waals surface area contributed by atoms with Crippen LogP contribution in [0, 0.1) is 5.92 Å². The second-order valence-corrected chi connectivity index (χ2v) is 6.92. The van der Waals surface area contributed by atoms with Gasteiger partial charge in [0.1, 0.15) is 0 Å². The zero-order valence-corrected chi connectivity index (χ0v) is 17.7. The fourth-order valence-corrected chi connectivity index (χ4v) is 3.05. The minimum absolute atomic E-state index is 0. The van der Waals surface area contributed by atoms with E-state index < -0.39 is 0 Å². The molecule has 0 bridgehead atoms. The molecule has 1 rings (SSSR count). The third kappa shape index (κ3) is 10.9. The first kappa shape index (κ1) is 22.3. The van der Waals surface area contributed by atoms with Crippen molar-refractivity contribution in [1.29, 1.82) is 0 Å². The van der Waals surface area contributed by atoms with E-state index >= 15 is 0 Å². The van der Waals surface area contributed by atoms with Crippen molar-refractivity contribution in [2.75, 3.05) is 51.3 Å². The van der Waals surface area contributed by atoms with Crippen molar-refractivity contribution in [2.45, 2.75) is 39.5 Å². The number of unbranched alkanes of at least 4 members (excludes halogenated alkanes) is 1. The first-order valence-corrected chi connectivity index (χ1v) is 9.89. The third-order valence-corrected chi connectivity index (χ3v) is 4.45. The molecule has 0 aromatic carbocycles. The van der Waals surface area contributed by atoms with Gasteiger partial charge < -0.3 is 15.5 Å². The molecule has 0 spiro atoms. The lowest BCUT2D eigenvalue weighted by atomic mass is 10.0. The highest BCUT2D eigenvalue weighted by atomic mass is 127. The molecule has 1 unspecified atom stereocenters. The Balaban J connectivity index is 0.00000441. The Hall–Kier alpha value is 0.310. The van der Waals surface area contributed by atoms with Crippen LogP contribution in [0.1, 0.15) is 39.5 Å². The lowest BCUT2D eigenvalue weighted by Crippen LogP contribution is -2.38. The van der Waals surface area contributed by atoms with Crippen LogP contribution in [0.25, 0.3) is 0 Å². The summed E-state index contributed by atoms with van der Waals surface area (Å²) in [5.41, 5.74) is 0. The quantitative estimate of drug-likeness (QED) is 0.249. The van der Waals surface area contributed by atoms with Crippen molar-refractivity contribution >= 4 is 41.7 Å². The van der Waals surface area contributed by atoms with E-state index in [1.165, 1.54) is 45.3 Å². The lowest BCUT2D eigenvalue weighted by Gasteiger charge is -2.30. The first-order valence-electron chi connectivity index (χ1n) is 8.49. The molecule has 0 aromatic heterocycles. The monoisotopic (exact) mass is 442 g/mol. The molecule has 6 heteroatoms. The average Bonchev–Trinajstić information content (AvgIpc) is 2.47. The van der Waals surface area contributed by atoms with Gasteiger partial charge in [0.25, 0.3) is 0 Å². The normalized spacial score (nSPS) is 19.6. The van der Waals surface area contributed by atoms with E-state index in [2.05, 4.69) is 40.6 Å². The number of aliphatic imine (C=N–C) groups is 1. The van der Waals surface area contributed by atoms with Gasteiger partial charge in [-0.2, -0.15) is 11.8 Å². The Labute approximate surface area is 158 Å². The van der Waals surface area contributed by atoms with Crippen molar-refractivity contribution in [3.8, 4) is 0 Å². The highest BCUT2D eigenvalue weighted by Gasteiger charge is 2.15. The standard InChI is InChI=1S/C16H34N4S.HI/c1-4-17-16(19-10-13-21-3)18-9-5-6-11-20-12-7-8-15(2)14-20;/h15H,4-14H2,1-3H3,(H2,17,18,19);1H. The molecule has 1 aliphatic rings. The van der Waals surface area contributed by atoms with Crippen LogP contribution in [0.4, 0.5) is 0 Å². The molecule has 0 aromatic rings. The second kappa shape index (κ2) is 14.9. The van der Waals surface area contributed by atoms with E-state index in [1.807, 2.05) is 11.8 Å². The molecular weight excluding hydrogens is 407 g/mol. The molecule has 0 radical (unpaired) electrons. The number of rotatable bonds is 9. The molecule has 1 saturated heterocycles. The summed E-state index contributed by atoms with van der Waals surface area (Å²) in [4.78, 5) is 7.27. The maximum absolute atomic E-state index is 4.65. The van der Waals surface area contributed by atoms with Crippen molar-refractivity contribution < 1.29 is 0 Å². The summed E-state index contributed by atoms with van der Waals surface area (Å²) < 4.78 is 0. The van der Waals surface area contributed by atoms with Gasteiger partial charge in [0.15, 0.2) is 5.96 Å². The van der Waals surface area contributed by atoms with Crippen LogP contribution in [0.2, 0.25) is 0 Å². The summed E-state index contributed by atoms with van der Waals surface area (Å²) in [7, 11) is 0. The second-order valence-electron chi connectivity index (χ2n) is 5.94. The highest BCUT2D eigenvalue weighted by Crippen LogP contribution is 2.15. The molecule has 0 saturated carbocycles. The highest BCUT2D eigenvalue weighted by molar-refractivity contribution is 14.0. The number of piperidine rings is 1. The number of thioether (sulfide) groups is 1. The minimum atomic E-state index is 0. The number of guanidine groups is 1. The predicted octanol–water partition coefficient (Wildman–Crippen LogP) is 3.03. The molecule has 132 valence electrons. The predicted molar refractivity (Wildman–Crippen MR) is 112 cm³/mol. The fourth-order valence-electron chi connectivity index (χ4n) is 2.74. The van der Waals surface area contributed by atoms with E-state index in [1.54, 1.807) is 0 Å².